The normalized spacial score (nSPS) is 14.0. The van der Waals surface area contributed by atoms with Gasteiger partial charge in [0, 0.05) is 32.3 Å². The molecule has 0 aliphatic heterocycles. The van der Waals surface area contributed by atoms with Crippen molar-refractivity contribution in [2.45, 2.75) is 44.7 Å². The van der Waals surface area contributed by atoms with Crippen molar-refractivity contribution in [3.8, 4) is 5.75 Å². The molecule has 6 N–H and O–H groups in total. The number of aliphatic hydroxyl groups is 2. The number of benzene rings is 2. The lowest BCUT2D eigenvalue weighted by Gasteiger charge is -2.23. The molecule has 0 aliphatic rings. The molecule has 32 heavy (non-hydrogen) atoms. The highest BCUT2D eigenvalue weighted by molar-refractivity contribution is 7.16. The molecule has 9 heteroatoms. The summed E-state index contributed by atoms with van der Waals surface area (Å²) in [4.78, 5) is 13.9. The number of H-pyrrole nitrogens is 1. The molecule has 3 aromatic rings. The first-order chi connectivity index (χ1) is 15.2. The highest BCUT2D eigenvalue weighted by Gasteiger charge is 2.22. The quantitative estimate of drug-likeness (QED) is 0.241. The van der Waals surface area contributed by atoms with E-state index in [-0.39, 0.29) is 21.7 Å². The first kappa shape index (κ1) is 24.4. The fourth-order valence-electron chi connectivity index (χ4n) is 3.39. The molecule has 0 amide bonds. The second-order valence-electron chi connectivity index (χ2n) is 8.37. The van der Waals surface area contributed by atoms with Gasteiger partial charge >= 0.3 is 4.87 Å². The number of aromatic hydroxyl groups is 1. The lowest BCUT2D eigenvalue weighted by Crippen LogP contribution is -2.36. The molecule has 2 aromatic carbocycles. The van der Waals surface area contributed by atoms with Crippen LogP contribution in [0.1, 0.15) is 36.6 Å². The van der Waals surface area contributed by atoms with Crippen LogP contribution in [0.3, 0.4) is 0 Å². The number of ether oxygens (including phenoxy) is 1. The van der Waals surface area contributed by atoms with Crippen LogP contribution in [0.15, 0.2) is 41.2 Å². The molecule has 8 nitrogen and oxygen atoms in total. The number of methoxy groups -OCH3 is 1. The van der Waals surface area contributed by atoms with E-state index in [1.54, 1.807) is 7.11 Å². The van der Waals surface area contributed by atoms with Crippen LogP contribution in [0, 0.1) is 0 Å². The highest BCUT2D eigenvalue weighted by atomic mass is 32.1. The van der Waals surface area contributed by atoms with Crippen LogP contribution in [0.4, 0.5) is 0 Å². The van der Waals surface area contributed by atoms with E-state index in [1.165, 1.54) is 12.1 Å². The fraction of sp³-hybridized carbons (Fsp3) is 0.435. The Morgan fingerprint density at radius 3 is 2.69 bits per heavy atom. The van der Waals surface area contributed by atoms with Crippen molar-refractivity contribution >= 4 is 21.6 Å². The van der Waals surface area contributed by atoms with E-state index in [4.69, 9.17) is 4.74 Å². The number of hydrogen-bond donors (Lipinski definition) is 6. The van der Waals surface area contributed by atoms with Gasteiger partial charge in [0.1, 0.15) is 23.6 Å². The molecule has 0 bridgehead atoms. The molecule has 1 heterocycles. The van der Waals surface area contributed by atoms with Gasteiger partial charge in [0.05, 0.1) is 10.3 Å². The van der Waals surface area contributed by atoms with Gasteiger partial charge < -0.3 is 30.4 Å². The molecule has 0 fully saturated rings. The minimum Gasteiger partial charge on any atom is -0.506 e. The number of aromatic amines is 1. The van der Waals surface area contributed by atoms with Gasteiger partial charge in [-0.25, -0.2) is 0 Å². The van der Waals surface area contributed by atoms with Crippen molar-refractivity contribution in [3.63, 3.8) is 0 Å². The molecule has 0 spiro atoms. The van der Waals surface area contributed by atoms with Gasteiger partial charge in [0.15, 0.2) is 0 Å². The number of nitrogens with one attached hydrogen (secondary N) is 3. The molecule has 174 valence electrons. The molecule has 0 saturated carbocycles. The Morgan fingerprint density at radius 1 is 1.19 bits per heavy atom. The number of hydrogen-bond acceptors (Lipinski definition) is 8. The number of phenols is 1. The van der Waals surface area contributed by atoms with E-state index in [2.05, 4.69) is 27.8 Å². The van der Waals surface area contributed by atoms with Crippen LogP contribution in [0.5, 0.6) is 5.75 Å². The van der Waals surface area contributed by atoms with Crippen molar-refractivity contribution in [1.29, 1.82) is 0 Å². The lowest BCUT2D eigenvalue weighted by molar-refractivity contribution is -0.00168. The smallest absolute Gasteiger partial charge is 0.305 e. The first-order valence-corrected chi connectivity index (χ1v) is 11.3. The van der Waals surface area contributed by atoms with E-state index >= 15 is 0 Å². The third kappa shape index (κ3) is 6.16. The summed E-state index contributed by atoms with van der Waals surface area (Å²) in [6.45, 7) is 5.98. The van der Waals surface area contributed by atoms with Crippen molar-refractivity contribution in [2.24, 2.45) is 0 Å². The molecule has 0 aliphatic carbocycles. The van der Waals surface area contributed by atoms with E-state index in [0.717, 1.165) is 35.6 Å². The van der Waals surface area contributed by atoms with Gasteiger partial charge in [-0.05, 0) is 37.5 Å². The Balaban J connectivity index is 1.54. The van der Waals surface area contributed by atoms with Gasteiger partial charge in [0.25, 0.3) is 0 Å². The van der Waals surface area contributed by atoms with Crippen LogP contribution in [0.25, 0.3) is 10.2 Å². The van der Waals surface area contributed by atoms with Gasteiger partial charge in [-0.15, -0.1) is 0 Å². The number of aromatic nitrogens is 1. The largest absolute Gasteiger partial charge is 0.506 e. The second-order valence-corrected chi connectivity index (χ2v) is 9.36. The lowest BCUT2D eigenvalue weighted by atomic mass is 10.1. The van der Waals surface area contributed by atoms with Crippen molar-refractivity contribution in [2.75, 3.05) is 20.2 Å². The van der Waals surface area contributed by atoms with Crippen molar-refractivity contribution in [1.82, 2.24) is 15.6 Å². The third-order valence-electron chi connectivity index (χ3n) is 5.40. The molecule has 0 radical (unpaired) electrons. The zero-order valence-corrected chi connectivity index (χ0v) is 19.3. The summed E-state index contributed by atoms with van der Waals surface area (Å²) in [5.74, 6) is -0.0723. The number of aliphatic hydroxyl groups excluding tert-OH is 2. The summed E-state index contributed by atoms with van der Waals surface area (Å²) >= 11 is 0.886. The highest BCUT2D eigenvalue weighted by Crippen LogP contribution is 2.32. The maximum absolute atomic E-state index is 11.7. The minimum atomic E-state index is -1.25. The fourth-order valence-corrected chi connectivity index (χ4v) is 4.30. The molecule has 2 atom stereocenters. The average molecular weight is 462 g/mol. The number of thiazole rings is 1. The topological polar surface area (TPSA) is 127 Å². The molecule has 2 unspecified atom stereocenters. The van der Waals surface area contributed by atoms with Gasteiger partial charge in [-0.1, -0.05) is 41.7 Å². The molecule has 0 saturated heterocycles. The number of phenolic OH excluding ortho intramolecular Hbond substituents is 1. The Bertz CT molecular complexity index is 1090. The van der Waals surface area contributed by atoms with E-state index in [1.807, 2.05) is 26.0 Å². The number of fused-ring (bicyclic) bond motifs is 1. The summed E-state index contributed by atoms with van der Waals surface area (Å²) in [5, 5.41) is 37.2. The zero-order valence-electron chi connectivity index (χ0n) is 18.5. The second kappa shape index (κ2) is 10.6. The van der Waals surface area contributed by atoms with Gasteiger partial charge in [-0.2, -0.15) is 0 Å². The predicted molar refractivity (Wildman–Crippen MR) is 126 cm³/mol. The van der Waals surface area contributed by atoms with Crippen molar-refractivity contribution in [3.05, 3.63) is 62.8 Å². The average Bonchev–Trinajstić information content (AvgIpc) is 3.16. The van der Waals surface area contributed by atoms with E-state index < -0.39 is 12.3 Å². The Hall–Kier alpha value is -2.27. The molecule has 3 rings (SSSR count). The monoisotopic (exact) mass is 461 g/mol. The SMILES string of the molecule is COC(C)(C)CNCc1cccc(CCNC(O)C(O)c2ccc(O)c3[nH]c(=O)sc23)c1. The minimum absolute atomic E-state index is 0.0723. The van der Waals surface area contributed by atoms with E-state index in [0.29, 0.717) is 23.2 Å². The Labute approximate surface area is 190 Å². The molecular formula is C23H31N3O5S. The zero-order chi connectivity index (χ0) is 23.3. The summed E-state index contributed by atoms with van der Waals surface area (Å²) in [7, 11) is 1.70. The standard InChI is InChI=1S/C23H31N3O5S/c1-23(2,31-3)13-24-12-15-6-4-5-14(11-15)9-10-25-21(29)19(28)16-7-8-17(27)18-20(16)32-22(30)26-18/h4-8,11,19,21,24-25,27-29H,9-10,12-13H2,1-3H3,(H,26,30). The maximum atomic E-state index is 11.7. The van der Waals surface area contributed by atoms with Crippen LogP contribution < -0.4 is 15.5 Å². The summed E-state index contributed by atoms with van der Waals surface area (Å²) in [5.41, 5.74) is 2.69. The predicted octanol–water partition coefficient (Wildman–Crippen LogP) is 1.99. The van der Waals surface area contributed by atoms with Crippen LogP contribution in [-0.2, 0) is 17.7 Å². The Kier molecular flexibility index (Phi) is 8.05. The summed E-state index contributed by atoms with van der Waals surface area (Å²) in [6.07, 6.45) is -1.80. The third-order valence-corrected chi connectivity index (χ3v) is 6.33. The van der Waals surface area contributed by atoms with Crippen LogP contribution in [0.2, 0.25) is 0 Å². The summed E-state index contributed by atoms with van der Waals surface area (Å²) < 4.78 is 5.84. The van der Waals surface area contributed by atoms with E-state index in [9.17, 15) is 20.1 Å². The van der Waals surface area contributed by atoms with Crippen LogP contribution >= 0.6 is 11.3 Å². The van der Waals surface area contributed by atoms with Gasteiger partial charge in [0.2, 0.25) is 0 Å². The molecular weight excluding hydrogens is 430 g/mol. The first-order valence-electron chi connectivity index (χ1n) is 10.5. The number of rotatable bonds is 11. The van der Waals surface area contributed by atoms with Gasteiger partial charge in [-0.3, -0.25) is 10.1 Å². The molecule has 1 aromatic heterocycles. The van der Waals surface area contributed by atoms with Crippen LogP contribution in [-0.4, -0.2) is 52.3 Å². The maximum Gasteiger partial charge on any atom is 0.305 e. The Morgan fingerprint density at radius 2 is 1.94 bits per heavy atom. The van der Waals surface area contributed by atoms with Crippen molar-refractivity contribution < 1.29 is 20.1 Å². The summed E-state index contributed by atoms with van der Waals surface area (Å²) in [6, 6.07) is 11.1.